The maximum Gasteiger partial charge on any atom is 0.407 e. The number of ether oxygens (including phenoxy) is 1. The van der Waals surface area contributed by atoms with E-state index in [2.05, 4.69) is 34.6 Å². The molecule has 0 saturated carbocycles. The third-order valence-electron chi connectivity index (χ3n) is 5.22. The number of amides is 1. The van der Waals surface area contributed by atoms with Crippen LogP contribution in [-0.4, -0.2) is 21.7 Å². The van der Waals surface area contributed by atoms with Crippen LogP contribution in [0.1, 0.15) is 50.4 Å². The molecule has 0 saturated heterocycles. The number of alkyl carbamates (subject to hydrolysis) is 1. The van der Waals surface area contributed by atoms with Crippen LogP contribution < -0.4 is 5.32 Å². The number of aromatic nitrogens is 2. The second kappa shape index (κ2) is 9.25. The third kappa shape index (κ3) is 5.27. The van der Waals surface area contributed by atoms with E-state index in [-0.39, 0.29) is 0 Å². The zero-order valence-corrected chi connectivity index (χ0v) is 19.1. The molecule has 0 spiro atoms. The second-order valence-electron chi connectivity index (χ2n) is 8.91. The lowest BCUT2D eigenvalue weighted by atomic mass is 9.93. The summed E-state index contributed by atoms with van der Waals surface area (Å²) >= 11 is 0. The van der Waals surface area contributed by atoms with Crippen molar-refractivity contribution in [2.45, 2.75) is 45.8 Å². The molecule has 0 radical (unpaired) electrons. The minimum absolute atomic E-state index is 0.372. The first-order chi connectivity index (χ1) is 15.8. The van der Waals surface area contributed by atoms with Crippen molar-refractivity contribution >= 4 is 22.6 Å². The molecule has 0 atom stereocenters. The Morgan fingerprint density at radius 2 is 1.97 bits per heavy atom. The number of carbonyl (C=O) groups excluding carboxylic acids is 1. The molecule has 3 aromatic rings. The predicted molar refractivity (Wildman–Crippen MR) is 129 cm³/mol. The molecule has 1 aliphatic carbocycles. The number of rotatable bonds is 4. The van der Waals surface area contributed by atoms with Crippen LogP contribution in [0.4, 0.5) is 4.79 Å². The van der Waals surface area contributed by atoms with Gasteiger partial charge in [0.2, 0.25) is 0 Å². The molecule has 0 fully saturated rings. The molecule has 2 aromatic heterocycles. The SMILES string of the molecule is CC(C)(C)OC(=O)NCc1ccc(-c2nc3ccnc(C#N)c3cc2C2=CCCC=C2)cc1. The zero-order valence-electron chi connectivity index (χ0n) is 19.1. The molecule has 6 heteroatoms. The highest BCUT2D eigenvalue weighted by molar-refractivity contribution is 5.93. The Labute approximate surface area is 193 Å². The summed E-state index contributed by atoms with van der Waals surface area (Å²) in [7, 11) is 0. The van der Waals surface area contributed by atoms with E-state index < -0.39 is 11.7 Å². The van der Waals surface area contributed by atoms with E-state index in [1.807, 2.05) is 57.2 Å². The van der Waals surface area contributed by atoms with Crippen molar-refractivity contribution in [1.29, 1.82) is 5.26 Å². The second-order valence-corrected chi connectivity index (χ2v) is 8.91. The molecular formula is C27H26N4O2. The van der Waals surface area contributed by atoms with Gasteiger partial charge in [0, 0.05) is 29.3 Å². The van der Waals surface area contributed by atoms with E-state index in [0.29, 0.717) is 12.2 Å². The average Bonchev–Trinajstić information content (AvgIpc) is 2.81. The summed E-state index contributed by atoms with van der Waals surface area (Å²) < 4.78 is 5.29. The lowest BCUT2D eigenvalue weighted by molar-refractivity contribution is 0.0523. The lowest BCUT2D eigenvalue weighted by Gasteiger charge is -2.19. The van der Waals surface area contributed by atoms with Crippen LogP contribution in [0.3, 0.4) is 0 Å². The molecule has 4 rings (SSSR count). The first kappa shape index (κ1) is 22.2. The monoisotopic (exact) mass is 438 g/mol. The standard InChI is InChI=1S/C27H26N4O2/c1-27(2,3)33-26(32)30-17-18-9-11-20(12-10-18)25-21(19-7-5-4-6-8-19)15-22-23(31-25)13-14-29-24(22)16-28/h5,7-15H,4,6,17H2,1-3H3,(H,30,32). The highest BCUT2D eigenvalue weighted by atomic mass is 16.6. The Hall–Kier alpha value is -3.98. The number of carbonyl (C=O) groups is 1. The van der Waals surface area contributed by atoms with Crippen LogP contribution in [0, 0.1) is 11.3 Å². The van der Waals surface area contributed by atoms with Crippen LogP contribution in [0.15, 0.2) is 60.8 Å². The summed E-state index contributed by atoms with van der Waals surface area (Å²) in [5, 5.41) is 13.0. The number of benzene rings is 1. The van der Waals surface area contributed by atoms with Crippen molar-refractivity contribution in [1.82, 2.24) is 15.3 Å². The summed E-state index contributed by atoms with van der Waals surface area (Å²) in [4.78, 5) is 21.0. The van der Waals surface area contributed by atoms with Gasteiger partial charge in [-0.1, -0.05) is 42.5 Å². The number of allylic oxidation sites excluding steroid dienone is 4. The van der Waals surface area contributed by atoms with Gasteiger partial charge in [0.1, 0.15) is 17.4 Å². The quantitative estimate of drug-likeness (QED) is 0.546. The number of nitrogens with zero attached hydrogens (tertiary/aromatic N) is 3. The summed E-state index contributed by atoms with van der Waals surface area (Å²) in [6.07, 6.45) is 9.63. The van der Waals surface area contributed by atoms with Gasteiger partial charge in [-0.05, 0) is 56.9 Å². The summed E-state index contributed by atoms with van der Waals surface area (Å²) in [6, 6.07) is 14.0. The molecular weight excluding hydrogens is 412 g/mol. The van der Waals surface area contributed by atoms with Crippen LogP contribution in [0.2, 0.25) is 0 Å². The predicted octanol–water partition coefficient (Wildman–Crippen LogP) is 5.93. The highest BCUT2D eigenvalue weighted by Gasteiger charge is 2.17. The van der Waals surface area contributed by atoms with E-state index >= 15 is 0 Å². The minimum atomic E-state index is -0.532. The van der Waals surface area contributed by atoms with E-state index in [1.54, 1.807) is 6.20 Å². The topological polar surface area (TPSA) is 87.9 Å². The fraction of sp³-hybridized carbons (Fsp3) is 0.259. The molecule has 33 heavy (non-hydrogen) atoms. The molecule has 2 heterocycles. The van der Waals surface area contributed by atoms with Crippen molar-refractivity contribution in [3.8, 4) is 17.3 Å². The summed E-state index contributed by atoms with van der Waals surface area (Å²) in [5.74, 6) is 0. The number of hydrogen-bond acceptors (Lipinski definition) is 5. The average molecular weight is 439 g/mol. The Morgan fingerprint density at radius 3 is 2.64 bits per heavy atom. The van der Waals surface area contributed by atoms with Gasteiger partial charge in [0.15, 0.2) is 0 Å². The number of nitriles is 1. The lowest BCUT2D eigenvalue weighted by Crippen LogP contribution is -2.32. The van der Waals surface area contributed by atoms with Gasteiger partial charge >= 0.3 is 6.09 Å². The molecule has 1 N–H and O–H groups in total. The van der Waals surface area contributed by atoms with E-state index in [0.717, 1.165) is 51.7 Å². The summed E-state index contributed by atoms with van der Waals surface area (Å²) in [6.45, 7) is 5.88. The summed E-state index contributed by atoms with van der Waals surface area (Å²) in [5.41, 5.74) is 5.41. The largest absolute Gasteiger partial charge is 0.444 e. The van der Waals surface area contributed by atoms with Crippen molar-refractivity contribution in [3.63, 3.8) is 0 Å². The van der Waals surface area contributed by atoms with Crippen molar-refractivity contribution in [3.05, 3.63) is 77.6 Å². The van der Waals surface area contributed by atoms with Crippen LogP contribution >= 0.6 is 0 Å². The number of nitrogens with one attached hydrogen (secondary N) is 1. The van der Waals surface area contributed by atoms with Gasteiger partial charge in [-0.3, -0.25) is 0 Å². The van der Waals surface area contributed by atoms with Crippen molar-refractivity contribution < 1.29 is 9.53 Å². The Kier molecular flexibility index (Phi) is 6.23. The molecule has 166 valence electrons. The molecule has 0 bridgehead atoms. The number of pyridine rings is 2. The molecule has 1 aromatic carbocycles. The first-order valence-corrected chi connectivity index (χ1v) is 11.0. The van der Waals surface area contributed by atoms with Crippen LogP contribution in [0.25, 0.3) is 27.7 Å². The molecule has 1 amide bonds. The van der Waals surface area contributed by atoms with Gasteiger partial charge in [-0.25, -0.2) is 14.8 Å². The van der Waals surface area contributed by atoms with Gasteiger partial charge in [-0.2, -0.15) is 5.26 Å². The van der Waals surface area contributed by atoms with Gasteiger partial charge < -0.3 is 10.1 Å². The van der Waals surface area contributed by atoms with Crippen molar-refractivity contribution in [2.24, 2.45) is 0 Å². The van der Waals surface area contributed by atoms with Crippen LogP contribution in [0.5, 0.6) is 0 Å². The Bertz CT molecular complexity index is 1290. The normalized spacial score (nSPS) is 13.3. The zero-order chi connectivity index (χ0) is 23.4. The third-order valence-corrected chi connectivity index (χ3v) is 5.22. The maximum absolute atomic E-state index is 11.9. The molecule has 1 aliphatic rings. The maximum atomic E-state index is 11.9. The number of fused-ring (bicyclic) bond motifs is 1. The van der Waals surface area contributed by atoms with Gasteiger partial charge in [0.25, 0.3) is 0 Å². The van der Waals surface area contributed by atoms with E-state index in [9.17, 15) is 10.1 Å². The van der Waals surface area contributed by atoms with Crippen molar-refractivity contribution in [2.75, 3.05) is 0 Å². The first-order valence-electron chi connectivity index (χ1n) is 11.0. The Morgan fingerprint density at radius 1 is 1.18 bits per heavy atom. The molecule has 0 unspecified atom stereocenters. The minimum Gasteiger partial charge on any atom is -0.444 e. The van der Waals surface area contributed by atoms with E-state index in [4.69, 9.17) is 9.72 Å². The van der Waals surface area contributed by atoms with Gasteiger partial charge in [-0.15, -0.1) is 0 Å². The van der Waals surface area contributed by atoms with Gasteiger partial charge in [0.05, 0.1) is 11.2 Å². The fourth-order valence-corrected chi connectivity index (χ4v) is 3.71. The van der Waals surface area contributed by atoms with Crippen LogP contribution in [-0.2, 0) is 11.3 Å². The Balaban J connectivity index is 1.67. The highest BCUT2D eigenvalue weighted by Crippen LogP contribution is 2.33. The number of hydrogen-bond donors (Lipinski definition) is 1. The molecule has 6 nitrogen and oxygen atoms in total. The smallest absolute Gasteiger partial charge is 0.407 e. The van der Waals surface area contributed by atoms with E-state index in [1.165, 1.54) is 0 Å². The molecule has 0 aliphatic heterocycles. The fourth-order valence-electron chi connectivity index (χ4n) is 3.71.